The van der Waals surface area contributed by atoms with Crippen molar-refractivity contribution in [2.75, 3.05) is 0 Å². The Morgan fingerprint density at radius 2 is 2.07 bits per heavy atom. The molecule has 150 valence electrons. The van der Waals surface area contributed by atoms with Gasteiger partial charge in [-0.25, -0.2) is 9.97 Å². The molecule has 0 amide bonds. The third-order valence-electron chi connectivity index (χ3n) is 5.38. The average molecular weight is 387 g/mol. The van der Waals surface area contributed by atoms with Gasteiger partial charge in [-0.1, -0.05) is 62.6 Å². The summed E-state index contributed by atoms with van der Waals surface area (Å²) < 4.78 is 1.94. The highest BCUT2D eigenvalue weighted by Crippen LogP contribution is 2.36. The lowest BCUT2D eigenvalue weighted by molar-refractivity contribution is 0.305. The topological polar surface area (TPSA) is 56.2 Å². The molecule has 0 atom stereocenters. The van der Waals surface area contributed by atoms with Crippen LogP contribution in [0.2, 0.25) is 0 Å². The minimum absolute atomic E-state index is 0.254. The fourth-order valence-electron chi connectivity index (χ4n) is 3.52. The maximum Gasteiger partial charge on any atom is 0.234 e. The van der Waals surface area contributed by atoms with Crippen molar-refractivity contribution in [3.8, 4) is 0 Å². The molecule has 0 saturated heterocycles. The van der Waals surface area contributed by atoms with Gasteiger partial charge in [0, 0.05) is 29.7 Å². The number of nitrogens with zero attached hydrogens (tertiary/aromatic N) is 3. The van der Waals surface area contributed by atoms with Gasteiger partial charge in [0.2, 0.25) is 5.78 Å². The number of hydrogen-bond acceptors (Lipinski definition) is 3. The zero-order valence-electron chi connectivity index (χ0n) is 17.4. The normalized spacial score (nSPS) is 17.2. The summed E-state index contributed by atoms with van der Waals surface area (Å²) >= 11 is 0. The molecule has 4 nitrogen and oxygen atoms in total. The van der Waals surface area contributed by atoms with Crippen LogP contribution < -0.4 is 5.73 Å². The van der Waals surface area contributed by atoms with Crippen molar-refractivity contribution < 1.29 is 0 Å². The summed E-state index contributed by atoms with van der Waals surface area (Å²) in [5.74, 6) is 0.672. The molecule has 2 N–H and O–H groups in total. The Morgan fingerprint density at radius 1 is 1.28 bits per heavy atom. The molecule has 2 aromatic rings. The van der Waals surface area contributed by atoms with Gasteiger partial charge >= 0.3 is 0 Å². The van der Waals surface area contributed by atoms with Crippen molar-refractivity contribution in [2.24, 2.45) is 5.73 Å². The first-order valence-electron chi connectivity index (χ1n) is 10.2. The van der Waals surface area contributed by atoms with Crippen molar-refractivity contribution in [1.29, 1.82) is 0 Å². The molecule has 0 unspecified atom stereocenters. The maximum absolute atomic E-state index is 6.43. The van der Waals surface area contributed by atoms with Gasteiger partial charge in [-0.05, 0) is 49.3 Å². The van der Waals surface area contributed by atoms with Gasteiger partial charge in [-0.15, -0.1) is 0 Å². The van der Waals surface area contributed by atoms with Crippen LogP contribution in [0.15, 0.2) is 79.9 Å². The van der Waals surface area contributed by atoms with Crippen LogP contribution in [0.25, 0.3) is 16.9 Å². The molecular weight excluding hydrogens is 356 g/mol. The molecular formula is C25H30N4. The van der Waals surface area contributed by atoms with E-state index in [4.69, 9.17) is 10.7 Å². The predicted molar refractivity (Wildman–Crippen MR) is 123 cm³/mol. The zero-order valence-corrected chi connectivity index (χ0v) is 17.4. The molecule has 0 aliphatic heterocycles. The van der Waals surface area contributed by atoms with Gasteiger partial charge in [0.05, 0.1) is 5.69 Å². The molecule has 0 aromatic carbocycles. The maximum atomic E-state index is 6.43. The highest BCUT2D eigenvalue weighted by Gasteiger charge is 2.34. The van der Waals surface area contributed by atoms with E-state index in [2.05, 4.69) is 55.6 Å². The van der Waals surface area contributed by atoms with E-state index in [-0.39, 0.29) is 5.54 Å². The van der Waals surface area contributed by atoms with Crippen molar-refractivity contribution in [1.82, 2.24) is 14.4 Å². The Labute approximate surface area is 173 Å². The van der Waals surface area contributed by atoms with Gasteiger partial charge in [-0.3, -0.25) is 4.40 Å². The van der Waals surface area contributed by atoms with Crippen LogP contribution in [0, 0.1) is 0 Å². The standard InChI is InChI=1S/C25H30N4/c1-5-9-20(10-6-2)22-18-29-17-16-27-24(29)28-23(22)21(11-7-3)13-12-19(4)25(26)14-8-15-25/h5-6,9-13,16-18H,1,4,7-8,14-15,26H2,2-3H3/b10-6-,13-12-,20-9+,21-11+. The van der Waals surface area contributed by atoms with Crippen LogP contribution in [0.5, 0.6) is 0 Å². The molecule has 1 aliphatic rings. The second-order valence-corrected chi connectivity index (χ2v) is 7.43. The highest BCUT2D eigenvalue weighted by atomic mass is 15.1. The Hall–Kier alpha value is -2.98. The summed E-state index contributed by atoms with van der Waals surface area (Å²) in [6.07, 6.45) is 24.0. The fourth-order valence-corrected chi connectivity index (χ4v) is 3.52. The minimum Gasteiger partial charge on any atom is -0.321 e. The van der Waals surface area contributed by atoms with E-state index in [1.54, 1.807) is 12.3 Å². The van der Waals surface area contributed by atoms with Crippen LogP contribution in [0.4, 0.5) is 0 Å². The zero-order chi connectivity index (χ0) is 20.9. The van der Waals surface area contributed by atoms with Crippen LogP contribution in [0.1, 0.15) is 50.8 Å². The molecule has 2 aromatic heterocycles. The van der Waals surface area contributed by atoms with Gasteiger partial charge in [0.15, 0.2) is 0 Å². The Morgan fingerprint density at radius 3 is 2.69 bits per heavy atom. The highest BCUT2D eigenvalue weighted by molar-refractivity contribution is 5.86. The first-order valence-corrected chi connectivity index (χ1v) is 10.2. The molecule has 1 fully saturated rings. The molecule has 3 rings (SSSR count). The summed E-state index contributed by atoms with van der Waals surface area (Å²) in [4.78, 5) is 9.25. The minimum atomic E-state index is -0.254. The average Bonchev–Trinajstić information content (AvgIpc) is 3.15. The van der Waals surface area contributed by atoms with E-state index in [0.717, 1.165) is 47.2 Å². The lowest BCUT2D eigenvalue weighted by atomic mass is 9.72. The Balaban J connectivity index is 2.11. The third-order valence-corrected chi connectivity index (χ3v) is 5.38. The summed E-state index contributed by atoms with van der Waals surface area (Å²) in [7, 11) is 0. The molecule has 29 heavy (non-hydrogen) atoms. The van der Waals surface area contributed by atoms with Crippen molar-refractivity contribution in [3.05, 3.63) is 91.1 Å². The first kappa shape index (κ1) is 20.7. The van der Waals surface area contributed by atoms with Crippen molar-refractivity contribution in [3.63, 3.8) is 0 Å². The van der Waals surface area contributed by atoms with Gasteiger partial charge in [-0.2, -0.15) is 0 Å². The monoisotopic (exact) mass is 386 g/mol. The quantitative estimate of drug-likeness (QED) is 0.595. The van der Waals surface area contributed by atoms with Gasteiger partial charge in [0.25, 0.3) is 0 Å². The first-order chi connectivity index (χ1) is 14.0. The number of aromatic nitrogens is 3. The molecule has 0 bridgehead atoms. The number of hydrogen-bond donors (Lipinski definition) is 1. The lowest BCUT2D eigenvalue weighted by Gasteiger charge is -2.39. The molecule has 2 heterocycles. The van der Waals surface area contributed by atoms with E-state index < -0.39 is 0 Å². The number of allylic oxidation sites excluding steroid dienone is 8. The summed E-state index contributed by atoms with van der Waals surface area (Å²) in [5.41, 5.74) is 11.2. The SMILES string of the molecule is C=C/C=C(\C=C/C)c1cn2ccnc2nc1C(/C=C\C(=C)C1(N)CCC1)=C/CC. The number of nitrogens with two attached hydrogens (primary N) is 1. The number of fused-ring (bicyclic) bond motifs is 1. The third kappa shape index (κ3) is 4.38. The van der Waals surface area contributed by atoms with Gasteiger partial charge in [0.1, 0.15) is 0 Å². The fraction of sp³-hybridized carbons (Fsp3) is 0.280. The largest absolute Gasteiger partial charge is 0.321 e. The summed E-state index contributed by atoms with van der Waals surface area (Å²) in [6.45, 7) is 12.2. The van der Waals surface area contributed by atoms with E-state index in [1.807, 2.05) is 29.7 Å². The summed E-state index contributed by atoms with van der Waals surface area (Å²) in [6, 6.07) is 0. The molecule has 1 aliphatic carbocycles. The second kappa shape index (κ2) is 9.01. The van der Waals surface area contributed by atoms with Crippen molar-refractivity contribution >= 4 is 16.9 Å². The molecule has 0 spiro atoms. The smallest absolute Gasteiger partial charge is 0.234 e. The van der Waals surface area contributed by atoms with E-state index in [1.165, 1.54) is 6.42 Å². The Kier molecular flexibility index (Phi) is 6.45. The van der Waals surface area contributed by atoms with Crippen LogP contribution >= 0.6 is 0 Å². The van der Waals surface area contributed by atoms with E-state index in [9.17, 15) is 0 Å². The number of imidazole rings is 1. The molecule has 4 heteroatoms. The molecule has 0 radical (unpaired) electrons. The van der Waals surface area contributed by atoms with E-state index in [0.29, 0.717) is 5.78 Å². The van der Waals surface area contributed by atoms with Crippen LogP contribution in [0.3, 0.4) is 0 Å². The molecule has 1 saturated carbocycles. The van der Waals surface area contributed by atoms with E-state index >= 15 is 0 Å². The Bertz CT molecular complexity index is 1030. The van der Waals surface area contributed by atoms with Gasteiger partial charge < -0.3 is 5.73 Å². The predicted octanol–water partition coefficient (Wildman–Crippen LogP) is 5.66. The number of rotatable bonds is 8. The summed E-state index contributed by atoms with van der Waals surface area (Å²) in [5, 5.41) is 0. The van der Waals surface area contributed by atoms with Crippen LogP contribution in [-0.4, -0.2) is 19.9 Å². The lowest BCUT2D eigenvalue weighted by Crippen LogP contribution is -2.47. The second-order valence-electron chi connectivity index (χ2n) is 7.43. The van der Waals surface area contributed by atoms with Crippen molar-refractivity contribution in [2.45, 2.75) is 45.1 Å². The van der Waals surface area contributed by atoms with Crippen LogP contribution in [-0.2, 0) is 0 Å².